The predicted molar refractivity (Wildman–Crippen MR) is 68.3 cm³/mol. The lowest BCUT2D eigenvalue weighted by Crippen LogP contribution is -2.39. The third-order valence-corrected chi connectivity index (χ3v) is 3.86. The molecule has 4 heteroatoms. The molecule has 1 saturated heterocycles. The van der Waals surface area contributed by atoms with Gasteiger partial charge in [0, 0.05) is 18.8 Å². The summed E-state index contributed by atoms with van der Waals surface area (Å²) >= 11 is 0. The number of aromatic carboxylic acids is 1. The molecule has 1 aromatic carbocycles. The molecule has 0 aliphatic carbocycles. The number of hydrogen-bond donors (Lipinski definition) is 1. The molecule has 0 spiro atoms. The molecule has 1 N–H and O–H groups in total. The summed E-state index contributed by atoms with van der Waals surface area (Å²) in [6.45, 7) is 2.58. The van der Waals surface area contributed by atoms with Crippen molar-refractivity contribution in [1.29, 1.82) is 0 Å². The second kappa shape index (κ2) is 4.61. The second-order valence-corrected chi connectivity index (χ2v) is 4.92. The summed E-state index contributed by atoms with van der Waals surface area (Å²) in [7, 11) is 0. The minimum absolute atomic E-state index is 0.410. The van der Waals surface area contributed by atoms with Gasteiger partial charge in [-0.15, -0.1) is 0 Å². The topological polar surface area (TPSA) is 49.8 Å². The predicted octanol–water partition coefficient (Wildman–Crippen LogP) is 1.93. The number of anilines is 1. The molecule has 96 valence electrons. The second-order valence-electron chi connectivity index (χ2n) is 4.92. The number of fused-ring (bicyclic) bond motifs is 1. The van der Waals surface area contributed by atoms with E-state index < -0.39 is 5.97 Å². The molecule has 0 amide bonds. The Hall–Kier alpha value is -1.55. The Morgan fingerprint density at radius 2 is 2.33 bits per heavy atom. The van der Waals surface area contributed by atoms with Crippen LogP contribution >= 0.6 is 0 Å². The van der Waals surface area contributed by atoms with Crippen LogP contribution in [0.4, 0.5) is 5.69 Å². The average molecular weight is 247 g/mol. The number of carboxylic acids is 1. The fourth-order valence-electron chi connectivity index (χ4n) is 3.00. The normalized spacial score (nSPS) is 22.9. The standard InChI is InChI=1S/C14H17NO3/c16-14(17)12-3-1-5-13-11(12)4-2-7-15(13)10-6-8-18-9-10/h1,3,5,10H,2,4,6-9H2,(H,16,17). The van der Waals surface area contributed by atoms with Crippen molar-refractivity contribution in [2.45, 2.75) is 25.3 Å². The summed E-state index contributed by atoms with van der Waals surface area (Å²) in [5.41, 5.74) is 2.54. The monoisotopic (exact) mass is 247 g/mol. The molecular weight excluding hydrogens is 230 g/mol. The first-order valence-corrected chi connectivity index (χ1v) is 6.47. The fourth-order valence-corrected chi connectivity index (χ4v) is 3.00. The van der Waals surface area contributed by atoms with E-state index in [0.717, 1.165) is 50.3 Å². The summed E-state index contributed by atoms with van der Waals surface area (Å²) in [6, 6.07) is 6.00. The molecule has 2 aliphatic rings. The van der Waals surface area contributed by atoms with Crippen molar-refractivity contribution >= 4 is 11.7 Å². The number of hydrogen-bond acceptors (Lipinski definition) is 3. The maximum absolute atomic E-state index is 11.3. The van der Waals surface area contributed by atoms with Crippen LogP contribution in [-0.2, 0) is 11.2 Å². The van der Waals surface area contributed by atoms with Crippen molar-refractivity contribution in [3.63, 3.8) is 0 Å². The van der Waals surface area contributed by atoms with Crippen LogP contribution in [-0.4, -0.2) is 36.9 Å². The van der Waals surface area contributed by atoms with Gasteiger partial charge in [-0.2, -0.15) is 0 Å². The minimum Gasteiger partial charge on any atom is -0.478 e. The van der Waals surface area contributed by atoms with Gasteiger partial charge in [-0.1, -0.05) is 6.07 Å². The largest absolute Gasteiger partial charge is 0.478 e. The van der Waals surface area contributed by atoms with E-state index in [1.54, 1.807) is 6.07 Å². The number of carbonyl (C=O) groups is 1. The number of nitrogens with zero attached hydrogens (tertiary/aromatic N) is 1. The van der Waals surface area contributed by atoms with Gasteiger partial charge in [0.05, 0.1) is 18.2 Å². The van der Waals surface area contributed by atoms with Crippen molar-refractivity contribution in [2.75, 3.05) is 24.7 Å². The van der Waals surface area contributed by atoms with E-state index >= 15 is 0 Å². The molecule has 18 heavy (non-hydrogen) atoms. The molecule has 0 radical (unpaired) electrons. The highest BCUT2D eigenvalue weighted by molar-refractivity contribution is 5.91. The van der Waals surface area contributed by atoms with Crippen LogP contribution < -0.4 is 4.90 Å². The Morgan fingerprint density at radius 1 is 1.44 bits per heavy atom. The van der Waals surface area contributed by atoms with E-state index in [0.29, 0.717) is 11.6 Å². The maximum Gasteiger partial charge on any atom is 0.336 e. The van der Waals surface area contributed by atoms with E-state index in [9.17, 15) is 9.90 Å². The summed E-state index contributed by atoms with van der Waals surface area (Å²) in [6.07, 6.45) is 2.92. The molecule has 0 saturated carbocycles. The van der Waals surface area contributed by atoms with Crippen LogP contribution in [0.1, 0.15) is 28.8 Å². The van der Waals surface area contributed by atoms with Crippen molar-refractivity contribution in [1.82, 2.24) is 0 Å². The van der Waals surface area contributed by atoms with E-state index in [-0.39, 0.29) is 0 Å². The minimum atomic E-state index is -0.823. The van der Waals surface area contributed by atoms with Crippen LogP contribution in [0.15, 0.2) is 18.2 Å². The molecule has 2 heterocycles. The molecule has 1 aromatic rings. The summed E-state index contributed by atoms with van der Waals surface area (Å²) in [4.78, 5) is 13.6. The number of ether oxygens (including phenoxy) is 1. The van der Waals surface area contributed by atoms with E-state index in [1.807, 2.05) is 12.1 Å². The molecule has 3 rings (SSSR count). The summed E-state index contributed by atoms with van der Waals surface area (Å²) in [5, 5.41) is 9.25. The highest BCUT2D eigenvalue weighted by atomic mass is 16.5. The molecule has 4 nitrogen and oxygen atoms in total. The van der Waals surface area contributed by atoms with E-state index in [1.165, 1.54) is 0 Å². The van der Waals surface area contributed by atoms with Crippen molar-refractivity contribution in [2.24, 2.45) is 0 Å². The molecular formula is C14H17NO3. The van der Waals surface area contributed by atoms with Crippen LogP contribution in [0.5, 0.6) is 0 Å². The third kappa shape index (κ3) is 1.86. The Labute approximate surface area is 106 Å². The van der Waals surface area contributed by atoms with Gasteiger partial charge in [-0.3, -0.25) is 0 Å². The zero-order valence-electron chi connectivity index (χ0n) is 10.3. The first kappa shape index (κ1) is 11.5. The quantitative estimate of drug-likeness (QED) is 0.867. The summed E-state index contributed by atoms with van der Waals surface area (Å²) in [5.74, 6) is -0.823. The Kier molecular flexibility index (Phi) is 2.96. The lowest BCUT2D eigenvalue weighted by Gasteiger charge is -2.36. The molecule has 1 atom stereocenters. The highest BCUT2D eigenvalue weighted by Crippen LogP contribution is 2.33. The van der Waals surface area contributed by atoms with Crippen LogP contribution in [0.2, 0.25) is 0 Å². The van der Waals surface area contributed by atoms with Gasteiger partial charge in [-0.05, 0) is 37.0 Å². The van der Waals surface area contributed by atoms with Crippen LogP contribution in [0, 0.1) is 0 Å². The smallest absolute Gasteiger partial charge is 0.336 e. The van der Waals surface area contributed by atoms with Crippen molar-refractivity contribution in [3.05, 3.63) is 29.3 Å². The number of benzene rings is 1. The highest BCUT2D eigenvalue weighted by Gasteiger charge is 2.29. The number of rotatable bonds is 2. The van der Waals surface area contributed by atoms with E-state index in [2.05, 4.69) is 4.90 Å². The SMILES string of the molecule is O=C(O)c1cccc2c1CCCN2C1CCOC1. The Bertz CT molecular complexity index is 466. The molecule has 1 fully saturated rings. The van der Waals surface area contributed by atoms with Gasteiger partial charge < -0.3 is 14.7 Å². The lowest BCUT2D eigenvalue weighted by molar-refractivity contribution is 0.0695. The zero-order valence-corrected chi connectivity index (χ0v) is 10.3. The van der Waals surface area contributed by atoms with Gasteiger partial charge >= 0.3 is 5.97 Å². The van der Waals surface area contributed by atoms with Crippen LogP contribution in [0.3, 0.4) is 0 Å². The van der Waals surface area contributed by atoms with Gasteiger partial charge in [0.25, 0.3) is 0 Å². The molecule has 0 bridgehead atoms. The van der Waals surface area contributed by atoms with Crippen molar-refractivity contribution < 1.29 is 14.6 Å². The average Bonchev–Trinajstić information content (AvgIpc) is 2.91. The molecule has 2 aliphatic heterocycles. The third-order valence-electron chi connectivity index (χ3n) is 3.86. The van der Waals surface area contributed by atoms with Crippen molar-refractivity contribution in [3.8, 4) is 0 Å². The summed E-state index contributed by atoms with van der Waals surface area (Å²) < 4.78 is 5.45. The molecule has 1 unspecified atom stereocenters. The first-order chi connectivity index (χ1) is 8.77. The van der Waals surface area contributed by atoms with Gasteiger partial charge in [-0.25, -0.2) is 4.79 Å². The van der Waals surface area contributed by atoms with Gasteiger partial charge in [0.2, 0.25) is 0 Å². The number of carboxylic acid groups (broad SMARTS) is 1. The molecule has 0 aromatic heterocycles. The van der Waals surface area contributed by atoms with E-state index in [4.69, 9.17) is 4.74 Å². The fraction of sp³-hybridized carbons (Fsp3) is 0.500. The lowest BCUT2D eigenvalue weighted by atomic mass is 9.95. The van der Waals surface area contributed by atoms with Gasteiger partial charge in [0.1, 0.15) is 0 Å². The van der Waals surface area contributed by atoms with Gasteiger partial charge in [0.15, 0.2) is 0 Å². The first-order valence-electron chi connectivity index (χ1n) is 6.47. The maximum atomic E-state index is 11.3. The Balaban J connectivity index is 2.00. The Morgan fingerprint density at radius 3 is 3.06 bits per heavy atom. The zero-order chi connectivity index (χ0) is 12.5. The van der Waals surface area contributed by atoms with Crippen LogP contribution in [0.25, 0.3) is 0 Å².